The number of aliphatic hydroxyl groups is 1. The van der Waals surface area contributed by atoms with Crippen molar-refractivity contribution < 1.29 is 23.1 Å². The van der Waals surface area contributed by atoms with Gasteiger partial charge in [-0.1, -0.05) is 18.2 Å². The van der Waals surface area contributed by atoms with Gasteiger partial charge < -0.3 is 10.0 Å². The van der Waals surface area contributed by atoms with Gasteiger partial charge in [0.2, 0.25) is 5.91 Å². The maximum Gasteiger partial charge on any atom is 0.416 e. The van der Waals surface area contributed by atoms with E-state index in [1.807, 2.05) is 4.90 Å². The van der Waals surface area contributed by atoms with Gasteiger partial charge in [-0.25, -0.2) is 0 Å². The van der Waals surface area contributed by atoms with E-state index in [1.165, 1.54) is 6.07 Å². The highest BCUT2D eigenvalue weighted by Gasteiger charge is 2.44. The van der Waals surface area contributed by atoms with E-state index in [9.17, 15) is 23.1 Å². The molecule has 6 heteroatoms. The van der Waals surface area contributed by atoms with Gasteiger partial charge in [0.05, 0.1) is 11.2 Å². The lowest BCUT2D eigenvalue weighted by Crippen LogP contribution is -2.51. The van der Waals surface area contributed by atoms with Gasteiger partial charge in [-0.3, -0.25) is 4.79 Å². The Morgan fingerprint density at radius 2 is 1.84 bits per heavy atom. The summed E-state index contributed by atoms with van der Waals surface area (Å²) < 4.78 is 39.3. The second-order valence-corrected chi connectivity index (χ2v) is 7.73. The van der Waals surface area contributed by atoms with Crippen molar-refractivity contribution in [3.8, 4) is 0 Å². The molecule has 0 aromatic heterocycles. The fourth-order valence-corrected chi connectivity index (χ4v) is 4.08. The Hall–Kier alpha value is -1.56. The third-order valence-electron chi connectivity index (χ3n) is 5.48. The summed E-state index contributed by atoms with van der Waals surface area (Å²) in [4.78, 5) is 14.2. The number of piperidine rings is 1. The first-order valence-corrected chi connectivity index (χ1v) is 8.82. The quantitative estimate of drug-likeness (QED) is 0.899. The molecule has 0 radical (unpaired) electrons. The summed E-state index contributed by atoms with van der Waals surface area (Å²) in [5.74, 6) is 0.148. The van der Waals surface area contributed by atoms with E-state index in [0.29, 0.717) is 37.9 Å². The number of alkyl halides is 3. The molecule has 3 nitrogen and oxygen atoms in total. The lowest BCUT2D eigenvalue weighted by atomic mass is 9.71. The van der Waals surface area contributed by atoms with Crippen molar-refractivity contribution in [2.75, 3.05) is 13.1 Å². The van der Waals surface area contributed by atoms with E-state index in [-0.39, 0.29) is 17.7 Å². The van der Waals surface area contributed by atoms with Gasteiger partial charge in [0.1, 0.15) is 0 Å². The van der Waals surface area contributed by atoms with Crippen LogP contribution in [0, 0.1) is 11.8 Å². The lowest BCUT2D eigenvalue weighted by molar-refractivity contribution is -0.151. The molecule has 138 valence electrons. The SMILES string of the molecule is CC1(O)CC(C(=O)N2CCC(Cc3ccccc3C(F)(F)F)CC2)C1. The topological polar surface area (TPSA) is 40.5 Å². The van der Waals surface area contributed by atoms with E-state index in [1.54, 1.807) is 19.1 Å². The third-order valence-corrected chi connectivity index (χ3v) is 5.48. The van der Waals surface area contributed by atoms with E-state index >= 15 is 0 Å². The van der Waals surface area contributed by atoms with Crippen LogP contribution in [0.1, 0.15) is 43.7 Å². The average molecular weight is 355 g/mol. The van der Waals surface area contributed by atoms with Crippen LogP contribution in [0.15, 0.2) is 24.3 Å². The molecule has 2 aliphatic rings. The Labute approximate surface area is 145 Å². The van der Waals surface area contributed by atoms with Crippen molar-refractivity contribution in [2.45, 2.75) is 50.8 Å². The van der Waals surface area contributed by atoms with Gasteiger partial charge in [0.15, 0.2) is 0 Å². The zero-order valence-corrected chi connectivity index (χ0v) is 14.4. The minimum atomic E-state index is -4.32. The Balaban J connectivity index is 1.55. The number of hydrogen-bond acceptors (Lipinski definition) is 2. The molecule has 1 N–H and O–H groups in total. The summed E-state index contributed by atoms with van der Waals surface area (Å²) in [6.07, 6.45) is -1.47. The Morgan fingerprint density at radius 3 is 2.40 bits per heavy atom. The number of halogens is 3. The molecule has 0 unspecified atom stereocenters. The monoisotopic (exact) mass is 355 g/mol. The van der Waals surface area contributed by atoms with Gasteiger partial charge in [0, 0.05) is 19.0 Å². The zero-order valence-electron chi connectivity index (χ0n) is 14.4. The lowest BCUT2D eigenvalue weighted by Gasteiger charge is -2.43. The molecule has 2 fully saturated rings. The van der Waals surface area contributed by atoms with Crippen molar-refractivity contribution in [3.05, 3.63) is 35.4 Å². The highest BCUT2D eigenvalue weighted by atomic mass is 19.4. The number of likely N-dealkylation sites (tertiary alicyclic amines) is 1. The van der Waals surface area contributed by atoms with Crippen LogP contribution in [0.3, 0.4) is 0 Å². The second kappa shape index (κ2) is 6.63. The predicted molar refractivity (Wildman–Crippen MR) is 87.8 cm³/mol. The molecule has 1 saturated heterocycles. The van der Waals surface area contributed by atoms with Crippen LogP contribution in [0.25, 0.3) is 0 Å². The number of carbonyl (C=O) groups excluding carboxylic acids is 1. The largest absolute Gasteiger partial charge is 0.416 e. The summed E-state index contributed by atoms with van der Waals surface area (Å²) in [7, 11) is 0. The molecule has 3 rings (SSSR count). The number of rotatable bonds is 3. The molecule has 1 aromatic carbocycles. The molecule has 1 aliphatic heterocycles. The van der Waals surface area contributed by atoms with Crippen LogP contribution in [-0.2, 0) is 17.4 Å². The maximum atomic E-state index is 13.1. The minimum Gasteiger partial charge on any atom is -0.390 e. The minimum absolute atomic E-state index is 0.0840. The maximum absolute atomic E-state index is 13.1. The van der Waals surface area contributed by atoms with Crippen LogP contribution in [0.5, 0.6) is 0 Å². The van der Waals surface area contributed by atoms with Crippen molar-refractivity contribution in [3.63, 3.8) is 0 Å². The number of carbonyl (C=O) groups is 1. The number of amides is 1. The summed E-state index contributed by atoms with van der Waals surface area (Å²) in [6.45, 7) is 2.92. The Kier molecular flexibility index (Phi) is 4.84. The first kappa shape index (κ1) is 18.2. The molecule has 25 heavy (non-hydrogen) atoms. The van der Waals surface area contributed by atoms with Crippen LogP contribution < -0.4 is 0 Å². The number of benzene rings is 1. The fraction of sp³-hybridized carbons (Fsp3) is 0.632. The van der Waals surface area contributed by atoms with Crippen LogP contribution in [0.2, 0.25) is 0 Å². The third kappa shape index (κ3) is 4.17. The molecule has 0 atom stereocenters. The Morgan fingerprint density at radius 1 is 1.24 bits per heavy atom. The zero-order chi connectivity index (χ0) is 18.2. The fourth-order valence-electron chi connectivity index (χ4n) is 4.08. The molecule has 1 heterocycles. The van der Waals surface area contributed by atoms with Gasteiger partial charge in [-0.2, -0.15) is 13.2 Å². The molecule has 0 spiro atoms. The van der Waals surface area contributed by atoms with Crippen LogP contribution >= 0.6 is 0 Å². The average Bonchev–Trinajstić information content (AvgIpc) is 2.52. The predicted octanol–water partition coefficient (Wildman–Crippen LogP) is 3.65. The van der Waals surface area contributed by atoms with E-state index in [0.717, 1.165) is 18.9 Å². The molecule has 1 amide bonds. The molecular weight excluding hydrogens is 331 g/mol. The number of hydrogen-bond donors (Lipinski definition) is 1. The van der Waals surface area contributed by atoms with Crippen molar-refractivity contribution in [1.29, 1.82) is 0 Å². The van der Waals surface area contributed by atoms with E-state index in [2.05, 4.69) is 0 Å². The number of nitrogens with zero attached hydrogens (tertiary/aromatic N) is 1. The van der Waals surface area contributed by atoms with Crippen molar-refractivity contribution in [1.82, 2.24) is 4.90 Å². The smallest absolute Gasteiger partial charge is 0.390 e. The van der Waals surface area contributed by atoms with Crippen LogP contribution in [0.4, 0.5) is 13.2 Å². The first-order chi connectivity index (χ1) is 11.7. The normalized spacial score (nSPS) is 27.9. The summed E-state index contributed by atoms with van der Waals surface area (Å²) in [6, 6.07) is 5.75. The molecule has 0 bridgehead atoms. The summed E-state index contributed by atoms with van der Waals surface area (Å²) in [5, 5.41) is 9.77. The van der Waals surface area contributed by atoms with Gasteiger partial charge in [-0.15, -0.1) is 0 Å². The molecule has 1 aromatic rings. The standard InChI is InChI=1S/C19H24F3NO2/c1-18(25)11-15(12-18)17(24)23-8-6-13(7-9-23)10-14-4-2-3-5-16(14)19(20,21)22/h2-5,13,15,25H,6-12H2,1H3. The van der Waals surface area contributed by atoms with Gasteiger partial charge >= 0.3 is 6.18 Å². The first-order valence-electron chi connectivity index (χ1n) is 8.82. The molecule has 1 saturated carbocycles. The molecular formula is C19H24F3NO2. The Bertz CT molecular complexity index is 626. The summed E-state index contributed by atoms with van der Waals surface area (Å²) >= 11 is 0. The van der Waals surface area contributed by atoms with Gasteiger partial charge in [0.25, 0.3) is 0 Å². The summed E-state index contributed by atoms with van der Waals surface area (Å²) in [5.41, 5.74) is -0.931. The highest BCUT2D eigenvalue weighted by Crippen LogP contribution is 2.39. The molecule has 1 aliphatic carbocycles. The second-order valence-electron chi connectivity index (χ2n) is 7.73. The highest BCUT2D eigenvalue weighted by molar-refractivity contribution is 5.80. The van der Waals surface area contributed by atoms with Crippen LogP contribution in [-0.4, -0.2) is 34.6 Å². The van der Waals surface area contributed by atoms with Gasteiger partial charge in [-0.05, 0) is 56.6 Å². The van der Waals surface area contributed by atoms with Crippen molar-refractivity contribution in [2.24, 2.45) is 11.8 Å². The van der Waals surface area contributed by atoms with E-state index < -0.39 is 17.3 Å². The van der Waals surface area contributed by atoms with Crippen molar-refractivity contribution >= 4 is 5.91 Å². The van der Waals surface area contributed by atoms with E-state index in [4.69, 9.17) is 0 Å².